The van der Waals surface area contributed by atoms with Crippen molar-refractivity contribution in [3.05, 3.63) is 24.3 Å². The van der Waals surface area contributed by atoms with E-state index >= 15 is 0 Å². The minimum atomic E-state index is -0.554. The fourth-order valence-electron chi connectivity index (χ4n) is 2.09. The van der Waals surface area contributed by atoms with E-state index in [1.54, 1.807) is 29.2 Å². The monoisotopic (exact) mass is 308 g/mol. The molecular formula is C17H28N2O3. The Hall–Kier alpha value is -1.75. The fraction of sp³-hybridized carbons (Fsp3) is 0.588. The summed E-state index contributed by atoms with van der Waals surface area (Å²) in [5.41, 5.74) is 0.0860. The van der Waals surface area contributed by atoms with Gasteiger partial charge in [0.2, 0.25) is 0 Å². The molecule has 1 rings (SSSR count). The molecule has 0 saturated heterocycles. The van der Waals surface area contributed by atoms with Gasteiger partial charge in [-0.1, -0.05) is 19.9 Å². The van der Waals surface area contributed by atoms with Crippen LogP contribution in [0.2, 0.25) is 0 Å². The number of ether oxygens (including phenoxy) is 1. The van der Waals surface area contributed by atoms with Gasteiger partial charge in [0, 0.05) is 19.2 Å². The van der Waals surface area contributed by atoms with Crippen LogP contribution in [0.15, 0.2) is 24.3 Å². The van der Waals surface area contributed by atoms with E-state index in [4.69, 9.17) is 4.74 Å². The van der Waals surface area contributed by atoms with Crippen LogP contribution in [0.25, 0.3) is 0 Å². The van der Waals surface area contributed by atoms with Crippen molar-refractivity contribution in [3.63, 3.8) is 0 Å². The van der Waals surface area contributed by atoms with Crippen molar-refractivity contribution in [2.24, 2.45) is 0 Å². The van der Waals surface area contributed by atoms with Crippen LogP contribution in [0.5, 0.6) is 5.75 Å². The van der Waals surface area contributed by atoms with Gasteiger partial charge in [0.15, 0.2) is 0 Å². The van der Waals surface area contributed by atoms with Crippen LogP contribution in [-0.4, -0.2) is 47.9 Å². The molecule has 0 unspecified atom stereocenters. The summed E-state index contributed by atoms with van der Waals surface area (Å²) in [5, 5.41) is 9.66. The number of hydrogen-bond donors (Lipinski definition) is 1. The second-order valence-corrected chi connectivity index (χ2v) is 6.18. The molecule has 0 fully saturated rings. The Kier molecular flexibility index (Phi) is 6.68. The summed E-state index contributed by atoms with van der Waals surface area (Å²) in [5.74, 6) is 0.133. The molecule has 0 spiro atoms. The molecule has 0 saturated carbocycles. The molecular weight excluding hydrogens is 280 g/mol. The first-order valence-corrected chi connectivity index (χ1v) is 7.78. The number of carbonyl (C=O) groups is 1. The Morgan fingerprint density at radius 2 is 1.82 bits per heavy atom. The minimum absolute atomic E-state index is 0.133. The van der Waals surface area contributed by atoms with Crippen LogP contribution in [0.1, 0.15) is 34.6 Å². The first-order chi connectivity index (χ1) is 10.3. The fourth-order valence-corrected chi connectivity index (χ4v) is 2.09. The van der Waals surface area contributed by atoms with E-state index in [2.05, 4.69) is 18.7 Å². The number of likely N-dealkylation sites (N-methyl/N-ethyl adjacent to an activating group) is 1. The van der Waals surface area contributed by atoms with Gasteiger partial charge in [0.25, 0.3) is 0 Å². The second-order valence-electron chi connectivity index (χ2n) is 6.18. The number of amides is 1. The molecule has 0 heterocycles. The van der Waals surface area contributed by atoms with E-state index in [9.17, 15) is 9.90 Å². The van der Waals surface area contributed by atoms with Crippen LogP contribution >= 0.6 is 0 Å². The predicted octanol–water partition coefficient (Wildman–Crippen LogP) is 3.48. The molecule has 5 heteroatoms. The molecule has 1 aromatic rings. The van der Waals surface area contributed by atoms with Gasteiger partial charge in [-0.3, -0.25) is 4.90 Å². The van der Waals surface area contributed by atoms with Crippen molar-refractivity contribution in [2.75, 3.05) is 31.1 Å². The third-order valence-electron chi connectivity index (χ3n) is 3.29. The third kappa shape index (κ3) is 5.93. The van der Waals surface area contributed by atoms with Gasteiger partial charge >= 0.3 is 6.09 Å². The number of anilines is 1. The van der Waals surface area contributed by atoms with Crippen molar-refractivity contribution in [1.82, 2.24) is 4.90 Å². The first kappa shape index (κ1) is 18.3. The summed E-state index contributed by atoms with van der Waals surface area (Å²) in [6, 6.07) is 6.68. The zero-order valence-corrected chi connectivity index (χ0v) is 14.3. The van der Waals surface area contributed by atoms with Crippen molar-refractivity contribution in [1.29, 1.82) is 0 Å². The number of aromatic hydroxyl groups is 1. The van der Waals surface area contributed by atoms with Gasteiger partial charge in [-0.05, 0) is 46.0 Å². The van der Waals surface area contributed by atoms with Gasteiger partial charge in [0.1, 0.15) is 11.4 Å². The number of phenols is 1. The largest absolute Gasteiger partial charge is 0.508 e. The van der Waals surface area contributed by atoms with Crippen molar-refractivity contribution in [3.8, 4) is 5.75 Å². The lowest BCUT2D eigenvalue weighted by Gasteiger charge is -2.29. The number of hydrogen-bond acceptors (Lipinski definition) is 4. The maximum absolute atomic E-state index is 12.5. The first-order valence-electron chi connectivity index (χ1n) is 7.78. The van der Waals surface area contributed by atoms with Crippen molar-refractivity contribution >= 4 is 11.8 Å². The van der Waals surface area contributed by atoms with Gasteiger partial charge in [-0.2, -0.15) is 0 Å². The maximum atomic E-state index is 12.5. The lowest BCUT2D eigenvalue weighted by Crippen LogP contribution is -2.41. The highest BCUT2D eigenvalue weighted by atomic mass is 16.6. The number of carbonyl (C=O) groups excluding carboxylic acids is 1. The molecule has 22 heavy (non-hydrogen) atoms. The summed E-state index contributed by atoms with van der Waals surface area (Å²) >= 11 is 0. The van der Waals surface area contributed by atoms with E-state index in [1.165, 1.54) is 0 Å². The van der Waals surface area contributed by atoms with Crippen LogP contribution in [0.3, 0.4) is 0 Å². The van der Waals surface area contributed by atoms with Crippen molar-refractivity contribution < 1.29 is 14.6 Å². The molecule has 0 aliphatic rings. The summed E-state index contributed by atoms with van der Waals surface area (Å²) in [6.07, 6.45) is -0.398. The Labute approximate surface area is 133 Å². The SMILES string of the molecule is CCN(CC)CCN(C(=O)OC(C)(C)C)c1cccc(O)c1. The summed E-state index contributed by atoms with van der Waals surface area (Å²) in [7, 11) is 0. The van der Waals surface area contributed by atoms with Crippen molar-refractivity contribution in [2.45, 2.75) is 40.2 Å². The average molecular weight is 308 g/mol. The number of nitrogens with zero attached hydrogens (tertiary/aromatic N) is 2. The normalized spacial score (nSPS) is 11.5. The topological polar surface area (TPSA) is 53.0 Å². The van der Waals surface area contributed by atoms with Gasteiger partial charge in [-0.25, -0.2) is 4.79 Å². The minimum Gasteiger partial charge on any atom is -0.508 e. The van der Waals surface area contributed by atoms with E-state index in [0.29, 0.717) is 12.2 Å². The maximum Gasteiger partial charge on any atom is 0.414 e. The van der Waals surface area contributed by atoms with E-state index < -0.39 is 11.7 Å². The Balaban J connectivity index is 2.92. The molecule has 0 aliphatic heterocycles. The van der Waals surface area contributed by atoms with Crippen LogP contribution in [0, 0.1) is 0 Å². The zero-order valence-electron chi connectivity index (χ0n) is 14.3. The van der Waals surface area contributed by atoms with E-state index in [1.807, 2.05) is 20.8 Å². The highest BCUT2D eigenvalue weighted by Crippen LogP contribution is 2.22. The molecule has 0 radical (unpaired) electrons. The summed E-state index contributed by atoms with van der Waals surface area (Å²) in [4.78, 5) is 16.3. The van der Waals surface area contributed by atoms with Gasteiger partial charge in [0.05, 0.1) is 5.69 Å². The Morgan fingerprint density at radius 3 is 2.32 bits per heavy atom. The summed E-state index contributed by atoms with van der Waals surface area (Å²) in [6.45, 7) is 12.8. The molecule has 0 aliphatic carbocycles. The number of rotatable bonds is 6. The highest BCUT2D eigenvalue weighted by molar-refractivity contribution is 5.88. The van der Waals surface area contributed by atoms with Crippen LogP contribution in [0.4, 0.5) is 10.5 Å². The predicted molar refractivity (Wildman–Crippen MR) is 89.5 cm³/mol. The molecule has 0 atom stereocenters. The molecule has 1 amide bonds. The molecule has 5 nitrogen and oxygen atoms in total. The third-order valence-corrected chi connectivity index (χ3v) is 3.29. The van der Waals surface area contributed by atoms with E-state index in [-0.39, 0.29) is 5.75 Å². The van der Waals surface area contributed by atoms with Crippen LogP contribution in [-0.2, 0) is 4.74 Å². The summed E-state index contributed by atoms with van der Waals surface area (Å²) < 4.78 is 5.48. The molecule has 0 aromatic heterocycles. The molecule has 1 aromatic carbocycles. The van der Waals surface area contributed by atoms with Gasteiger partial charge < -0.3 is 14.7 Å². The lowest BCUT2D eigenvalue weighted by atomic mass is 10.2. The highest BCUT2D eigenvalue weighted by Gasteiger charge is 2.23. The van der Waals surface area contributed by atoms with Crippen LogP contribution < -0.4 is 4.90 Å². The smallest absolute Gasteiger partial charge is 0.414 e. The van der Waals surface area contributed by atoms with Gasteiger partial charge in [-0.15, -0.1) is 0 Å². The second kappa shape index (κ2) is 8.03. The number of phenolic OH excluding ortho intramolecular Hbond substituents is 1. The molecule has 124 valence electrons. The Bertz CT molecular complexity index is 479. The molecule has 0 bridgehead atoms. The lowest BCUT2D eigenvalue weighted by molar-refractivity contribution is 0.0577. The zero-order chi connectivity index (χ0) is 16.8. The van der Waals surface area contributed by atoms with E-state index in [0.717, 1.165) is 19.6 Å². The molecule has 1 N–H and O–H groups in total. The number of benzene rings is 1. The Morgan fingerprint density at radius 1 is 1.18 bits per heavy atom. The quantitative estimate of drug-likeness (QED) is 0.874. The standard InChI is InChI=1S/C17H28N2O3/c1-6-18(7-2)11-12-19(16(21)22-17(3,4)5)14-9-8-10-15(20)13-14/h8-10,13,20H,6-7,11-12H2,1-5H3. The average Bonchev–Trinajstić information content (AvgIpc) is 2.41.